The number of likely N-dealkylation sites (tertiary alicyclic amines) is 1. The van der Waals surface area contributed by atoms with Gasteiger partial charge in [0, 0.05) is 51.8 Å². The van der Waals surface area contributed by atoms with Gasteiger partial charge in [0.05, 0.1) is 18.4 Å². The highest BCUT2D eigenvalue weighted by molar-refractivity contribution is 5.95. The van der Waals surface area contributed by atoms with Crippen molar-refractivity contribution in [2.45, 2.75) is 62.6 Å². The average molecular weight is 603 g/mol. The number of carbonyl (C=O) groups is 2. The van der Waals surface area contributed by atoms with Gasteiger partial charge >= 0.3 is 6.18 Å². The topological polar surface area (TPSA) is 86.2 Å². The van der Waals surface area contributed by atoms with Crippen LogP contribution in [-0.2, 0) is 10.4 Å². The fourth-order valence-corrected chi connectivity index (χ4v) is 6.46. The quantitative estimate of drug-likeness (QED) is 0.460. The molecule has 0 radical (unpaired) electrons. The molecule has 1 aliphatic carbocycles. The van der Waals surface area contributed by atoms with Gasteiger partial charge in [-0.25, -0.2) is 4.98 Å². The molecule has 234 valence electrons. The molecule has 1 aromatic heterocycles. The molecule has 1 saturated carbocycles. The lowest BCUT2D eigenvalue weighted by Gasteiger charge is -2.40. The molecule has 11 heteroatoms. The molecule has 43 heavy (non-hydrogen) atoms. The Balaban J connectivity index is 1.15. The molecule has 5 rings (SSSR count). The van der Waals surface area contributed by atoms with E-state index in [2.05, 4.69) is 4.90 Å². The largest absolute Gasteiger partial charge is 0.497 e. The Morgan fingerprint density at radius 1 is 0.977 bits per heavy atom. The van der Waals surface area contributed by atoms with Gasteiger partial charge in [0.25, 0.3) is 17.4 Å². The van der Waals surface area contributed by atoms with Crippen LogP contribution in [0.2, 0.25) is 0 Å². The van der Waals surface area contributed by atoms with E-state index in [1.54, 1.807) is 19.0 Å². The van der Waals surface area contributed by atoms with Crippen molar-refractivity contribution in [1.29, 1.82) is 0 Å². The number of hydrogen-bond donors (Lipinski definition) is 1. The number of hydrogen-bond acceptors (Lipinski definition) is 6. The molecule has 1 unspecified atom stereocenters. The molecule has 2 amide bonds. The van der Waals surface area contributed by atoms with Crippen molar-refractivity contribution in [3.8, 4) is 5.75 Å². The van der Waals surface area contributed by atoms with Crippen LogP contribution in [0.1, 0.15) is 72.5 Å². The zero-order valence-electron chi connectivity index (χ0n) is 25.1. The lowest BCUT2D eigenvalue weighted by Crippen LogP contribution is -2.57. The number of pyridine rings is 1. The number of benzene rings is 1. The van der Waals surface area contributed by atoms with Crippen LogP contribution in [0.3, 0.4) is 0 Å². The number of nitrogens with zero attached hydrogens (tertiary/aromatic N) is 4. The zero-order valence-corrected chi connectivity index (χ0v) is 25.1. The summed E-state index contributed by atoms with van der Waals surface area (Å²) in [5, 5.41) is 10.8. The first kappa shape index (κ1) is 31.1. The molecule has 2 saturated heterocycles. The molecule has 0 spiro atoms. The van der Waals surface area contributed by atoms with Crippen LogP contribution in [0.5, 0.6) is 5.75 Å². The highest BCUT2D eigenvalue weighted by Crippen LogP contribution is 2.43. The first-order valence-corrected chi connectivity index (χ1v) is 15.1. The van der Waals surface area contributed by atoms with Gasteiger partial charge in [0.2, 0.25) is 0 Å². The van der Waals surface area contributed by atoms with Crippen LogP contribution in [0.15, 0.2) is 36.4 Å². The summed E-state index contributed by atoms with van der Waals surface area (Å²) in [6, 6.07) is 8.82. The van der Waals surface area contributed by atoms with Crippen LogP contribution < -0.4 is 9.64 Å². The fourth-order valence-electron chi connectivity index (χ4n) is 6.46. The van der Waals surface area contributed by atoms with Crippen LogP contribution in [0, 0.1) is 11.8 Å². The standard InChI is InChI=1S/C32H41F3N4O4/c1-37(2)29(40)26-9-10-27(36-28(26)23-7-8-23)38-15-11-21(12-16-38)19-22-13-17-39(18-14-22)30(41)31(42,32(33,34)35)24-5-4-6-25(20-24)43-3/h4-6,9-10,20-23,42H,7-8,11-19H2,1-3H3. The van der Waals surface area contributed by atoms with Crippen LogP contribution in [0.4, 0.5) is 19.0 Å². The molecule has 3 fully saturated rings. The Labute approximate surface area is 250 Å². The SMILES string of the molecule is COc1cccc(C(O)(C(=O)N2CCC(CC3CCN(c4ccc(C(=O)N(C)C)c(C5CC5)n4)CC3)CC2)C(F)(F)F)c1. The number of methoxy groups -OCH3 is 1. The van der Waals surface area contributed by atoms with Gasteiger partial charge in [-0.1, -0.05) is 12.1 Å². The summed E-state index contributed by atoms with van der Waals surface area (Å²) in [5.41, 5.74) is -2.58. The number of amides is 2. The summed E-state index contributed by atoms with van der Waals surface area (Å²) in [5.74, 6) is 0.852. The van der Waals surface area contributed by atoms with Crippen molar-refractivity contribution in [1.82, 2.24) is 14.8 Å². The molecule has 3 aliphatic rings. The number of ether oxygens (including phenoxy) is 1. The minimum absolute atomic E-state index is 0.0178. The number of alkyl halides is 3. The van der Waals surface area contributed by atoms with E-state index in [9.17, 15) is 27.9 Å². The van der Waals surface area contributed by atoms with Gasteiger partial charge in [-0.3, -0.25) is 9.59 Å². The van der Waals surface area contributed by atoms with Crippen molar-refractivity contribution >= 4 is 17.6 Å². The van der Waals surface area contributed by atoms with E-state index in [0.29, 0.717) is 36.2 Å². The number of anilines is 1. The van der Waals surface area contributed by atoms with E-state index < -0.39 is 23.2 Å². The van der Waals surface area contributed by atoms with Crippen molar-refractivity contribution in [3.63, 3.8) is 0 Å². The van der Waals surface area contributed by atoms with E-state index in [0.717, 1.165) is 73.7 Å². The summed E-state index contributed by atoms with van der Waals surface area (Å²) < 4.78 is 47.5. The molecule has 1 aromatic carbocycles. The first-order chi connectivity index (χ1) is 20.4. The third-order valence-corrected chi connectivity index (χ3v) is 9.22. The number of aromatic nitrogens is 1. The third-order valence-electron chi connectivity index (χ3n) is 9.22. The first-order valence-electron chi connectivity index (χ1n) is 15.1. The molecule has 2 aromatic rings. The molecule has 3 heterocycles. The van der Waals surface area contributed by atoms with Gasteiger partial charge in [0.1, 0.15) is 11.6 Å². The highest BCUT2D eigenvalue weighted by Gasteiger charge is 2.62. The molecule has 2 aliphatic heterocycles. The predicted octanol–water partition coefficient (Wildman–Crippen LogP) is 4.96. The maximum absolute atomic E-state index is 14.2. The van der Waals surface area contributed by atoms with E-state index in [4.69, 9.17) is 9.72 Å². The second kappa shape index (κ2) is 12.3. The molecule has 1 atom stereocenters. The van der Waals surface area contributed by atoms with E-state index in [1.165, 1.54) is 19.2 Å². The summed E-state index contributed by atoms with van der Waals surface area (Å²) in [6.07, 6.45) is 1.09. The van der Waals surface area contributed by atoms with Crippen LogP contribution >= 0.6 is 0 Å². The minimum Gasteiger partial charge on any atom is -0.497 e. The van der Waals surface area contributed by atoms with Gasteiger partial charge < -0.3 is 24.5 Å². The van der Waals surface area contributed by atoms with Crippen LogP contribution in [-0.4, -0.2) is 85.3 Å². The lowest BCUT2D eigenvalue weighted by molar-refractivity contribution is -0.262. The second-order valence-electron chi connectivity index (χ2n) is 12.4. The van der Waals surface area contributed by atoms with E-state index >= 15 is 0 Å². The number of rotatable bonds is 8. The Hall–Kier alpha value is -3.34. The van der Waals surface area contributed by atoms with Crippen molar-refractivity contribution < 1.29 is 32.6 Å². The third kappa shape index (κ3) is 6.46. The van der Waals surface area contributed by atoms with E-state index in [-0.39, 0.29) is 24.7 Å². The normalized spacial score (nSPS) is 20.1. The lowest BCUT2D eigenvalue weighted by atomic mass is 9.82. The average Bonchev–Trinajstić information content (AvgIpc) is 3.85. The summed E-state index contributed by atoms with van der Waals surface area (Å²) in [7, 11) is 4.82. The second-order valence-corrected chi connectivity index (χ2v) is 12.4. The summed E-state index contributed by atoms with van der Waals surface area (Å²) in [6.45, 7) is 2.08. The number of piperidine rings is 2. The number of aliphatic hydroxyl groups is 1. The van der Waals surface area contributed by atoms with E-state index in [1.807, 2.05) is 12.1 Å². The molecule has 1 N–H and O–H groups in total. The van der Waals surface area contributed by atoms with Gasteiger partial charge in [-0.05, 0) is 81.0 Å². The van der Waals surface area contributed by atoms with Crippen molar-refractivity contribution in [2.24, 2.45) is 11.8 Å². The Morgan fingerprint density at radius 2 is 1.60 bits per heavy atom. The maximum Gasteiger partial charge on any atom is 0.430 e. The summed E-state index contributed by atoms with van der Waals surface area (Å²) >= 11 is 0. The van der Waals surface area contributed by atoms with Crippen molar-refractivity contribution in [2.75, 3.05) is 52.3 Å². The molecule has 8 nitrogen and oxygen atoms in total. The van der Waals surface area contributed by atoms with Crippen LogP contribution in [0.25, 0.3) is 0 Å². The minimum atomic E-state index is -5.18. The Kier molecular flexibility index (Phi) is 8.92. The fraction of sp³-hybridized carbons (Fsp3) is 0.594. The summed E-state index contributed by atoms with van der Waals surface area (Å²) in [4.78, 5) is 35.8. The highest BCUT2D eigenvalue weighted by atomic mass is 19.4. The molecular formula is C32H41F3N4O4. The number of halogens is 3. The Morgan fingerprint density at radius 3 is 2.16 bits per heavy atom. The zero-order chi connectivity index (χ0) is 30.9. The maximum atomic E-state index is 14.2. The monoisotopic (exact) mass is 602 g/mol. The predicted molar refractivity (Wildman–Crippen MR) is 156 cm³/mol. The molecular weight excluding hydrogens is 561 g/mol. The smallest absolute Gasteiger partial charge is 0.430 e. The van der Waals surface area contributed by atoms with Crippen molar-refractivity contribution in [3.05, 3.63) is 53.2 Å². The number of carbonyl (C=O) groups excluding carboxylic acids is 2. The van der Waals surface area contributed by atoms with Gasteiger partial charge in [0.15, 0.2) is 0 Å². The molecule has 0 bridgehead atoms. The van der Waals surface area contributed by atoms with Gasteiger partial charge in [-0.2, -0.15) is 13.2 Å². The Bertz CT molecular complexity index is 1320. The van der Waals surface area contributed by atoms with Gasteiger partial charge in [-0.15, -0.1) is 0 Å².